The lowest BCUT2D eigenvalue weighted by Gasteiger charge is -2.41. The van der Waals surface area contributed by atoms with Crippen LogP contribution >= 0.6 is 0 Å². The number of fused-ring (bicyclic) bond motifs is 1. The van der Waals surface area contributed by atoms with Gasteiger partial charge in [0.2, 0.25) is 5.91 Å². The average molecular weight is 411 g/mol. The summed E-state index contributed by atoms with van der Waals surface area (Å²) in [4.78, 5) is 22.5. The molecule has 2 aromatic heterocycles. The standard InChI is InChI=1S/C22H30N6O2/c1-3-28-20-17(13-25-28)19(26-15-7-5-4-6-8-15)16(12-24-20)18-11-22(30-27-18)9-14(10-22)21(29)23-2/h12-15H,3-11H2,1-2H3,(H,23,29)(H,24,26). The summed E-state index contributed by atoms with van der Waals surface area (Å²) in [7, 11) is 1.69. The van der Waals surface area contributed by atoms with Gasteiger partial charge in [-0.2, -0.15) is 5.10 Å². The zero-order chi connectivity index (χ0) is 20.7. The van der Waals surface area contributed by atoms with Gasteiger partial charge in [-0.15, -0.1) is 0 Å². The molecule has 3 heterocycles. The fourth-order valence-corrected chi connectivity index (χ4v) is 5.20. The molecule has 2 N–H and O–H groups in total. The molecule has 2 saturated carbocycles. The van der Waals surface area contributed by atoms with E-state index in [2.05, 4.69) is 27.8 Å². The Morgan fingerprint density at radius 3 is 2.80 bits per heavy atom. The van der Waals surface area contributed by atoms with Gasteiger partial charge in [0.15, 0.2) is 5.65 Å². The molecule has 0 unspecified atom stereocenters. The van der Waals surface area contributed by atoms with Crippen LogP contribution in [-0.4, -0.2) is 45.1 Å². The van der Waals surface area contributed by atoms with Crippen molar-refractivity contribution in [1.82, 2.24) is 20.1 Å². The zero-order valence-electron chi connectivity index (χ0n) is 17.8. The number of nitrogens with one attached hydrogen (secondary N) is 2. The Hall–Kier alpha value is -2.64. The lowest BCUT2D eigenvalue weighted by Crippen LogP contribution is -2.49. The summed E-state index contributed by atoms with van der Waals surface area (Å²) in [5.41, 5.74) is 3.56. The number of hydrogen-bond donors (Lipinski definition) is 2. The van der Waals surface area contributed by atoms with Crippen LogP contribution < -0.4 is 10.6 Å². The number of oxime groups is 1. The van der Waals surface area contributed by atoms with Gasteiger partial charge in [-0.05, 0) is 19.8 Å². The first-order chi connectivity index (χ1) is 14.6. The molecule has 0 bridgehead atoms. The number of anilines is 1. The Morgan fingerprint density at radius 1 is 1.27 bits per heavy atom. The number of pyridine rings is 1. The highest BCUT2D eigenvalue weighted by atomic mass is 16.7. The van der Waals surface area contributed by atoms with Crippen LogP contribution in [0.1, 0.15) is 63.9 Å². The smallest absolute Gasteiger partial charge is 0.223 e. The maximum absolute atomic E-state index is 11.9. The Labute approximate surface area is 176 Å². The van der Waals surface area contributed by atoms with Crippen molar-refractivity contribution in [3.05, 3.63) is 18.0 Å². The zero-order valence-corrected chi connectivity index (χ0v) is 17.8. The molecule has 1 spiro atoms. The first-order valence-corrected chi connectivity index (χ1v) is 11.2. The van der Waals surface area contributed by atoms with Gasteiger partial charge in [0, 0.05) is 56.6 Å². The van der Waals surface area contributed by atoms with E-state index >= 15 is 0 Å². The molecular formula is C22H30N6O2. The second-order valence-electron chi connectivity index (χ2n) is 8.93. The third-order valence-electron chi connectivity index (χ3n) is 6.92. The van der Waals surface area contributed by atoms with Crippen LogP contribution in [0.4, 0.5) is 5.69 Å². The highest BCUT2D eigenvalue weighted by molar-refractivity contribution is 6.11. The van der Waals surface area contributed by atoms with Crippen molar-refractivity contribution in [2.24, 2.45) is 11.1 Å². The van der Waals surface area contributed by atoms with Crippen LogP contribution in [0.5, 0.6) is 0 Å². The van der Waals surface area contributed by atoms with E-state index in [1.165, 1.54) is 32.1 Å². The first kappa shape index (κ1) is 19.3. The first-order valence-electron chi connectivity index (χ1n) is 11.2. The summed E-state index contributed by atoms with van der Waals surface area (Å²) in [6.45, 7) is 2.86. The van der Waals surface area contributed by atoms with Gasteiger partial charge in [-0.1, -0.05) is 24.4 Å². The van der Waals surface area contributed by atoms with Crippen molar-refractivity contribution in [3.63, 3.8) is 0 Å². The molecule has 8 heteroatoms. The summed E-state index contributed by atoms with van der Waals surface area (Å²) in [5.74, 6) is 0.111. The molecule has 5 rings (SSSR count). The predicted molar refractivity (Wildman–Crippen MR) is 115 cm³/mol. The number of amides is 1. The van der Waals surface area contributed by atoms with Crippen LogP contribution in [-0.2, 0) is 16.2 Å². The number of hydrogen-bond acceptors (Lipinski definition) is 6. The maximum atomic E-state index is 11.9. The van der Waals surface area contributed by atoms with Gasteiger partial charge in [0.25, 0.3) is 0 Å². The monoisotopic (exact) mass is 410 g/mol. The minimum Gasteiger partial charge on any atom is -0.388 e. The molecule has 2 aliphatic carbocycles. The maximum Gasteiger partial charge on any atom is 0.223 e. The van der Waals surface area contributed by atoms with E-state index in [9.17, 15) is 4.79 Å². The lowest BCUT2D eigenvalue weighted by atomic mass is 9.68. The second-order valence-corrected chi connectivity index (χ2v) is 8.93. The molecule has 30 heavy (non-hydrogen) atoms. The van der Waals surface area contributed by atoms with Crippen molar-refractivity contribution in [1.29, 1.82) is 0 Å². The average Bonchev–Trinajstić information content (AvgIpc) is 3.38. The van der Waals surface area contributed by atoms with E-state index in [0.29, 0.717) is 18.9 Å². The number of aromatic nitrogens is 3. The number of rotatable bonds is 5. The summed E-state index contributed by atoms with van der Waals surface area (Å²) in [6.07, 6.45) is 12.2. The van der Waals surface area contributed by atoms with Gasteiger partial charge in [-0.3, -0.25) is 4.79 Å². The molecule has 160 valence electrons. The van der Waals surface area contributed by atoms with Crippen molar-refractivity contribution in [2.75, 3.05) is 12.4 Å². The fourth-order valence-electron chi connectivity index (χ4n) is 5.20. The molecule has 0 saturated heterocycles. The Balaban J connectivity index is 1.44. The Morgan fingerprint density at radius 2 is 2.07 bits per heavy atom. The number of nitrogens with zero attached hydrogens (tertiary/aromatic N) is 4. The second kappa shape index (κ2) is 7.56. The van der Waals surface area contributed by atoms with Crippen LogP contribution in [0.3, 0.4) is 0 Å². The lowest BCUT2D eigenvalue weighted by molar-refractivity contribution is -0.146. The fraction of sp³-hybridized carbons (Fsp3) is 0.636. The molecule has 1 amide bonds. The van der Waals surface area contributed by atoms with E-state index in [-0.39, 0.29) is 17.4 Å². The SMILES string of the molecule is CCn1ncc2c(NC3CCCCC3)c(C3=NOC4(C3)CC(C(=O)NC)C4)cnc21. The van der Waals surface area contributed by atoms with Gasteiger partial charge >= 0.3 is 0 Å². The number of carbonyl (C=O) groups is 1. The minimum absolute atomic E-state index is 0.0211. The van der Waals surface area contributed by atoms with Gasteiger partial charge in [-0.25, -0.2) is 9.67 Å². The van der Waals surface area contributed by atoms with E-state index in [4.69, 9.17) is 9.82 Å². The number of carbonyl (C=O) groups excluding carboxylic acids is 1. The van der Waals surface area contributed by atoms with Crippen LogP contribution in [0.25, 0.3) is 11.0 Å². The Bertz CT molecular complexity index is 985. The summed E-state index contributed by atoms with van der Waals surface area (Å²) in [6, 6.07) is 0.464. The summed E-state index contributed by atoms with van der Waals surface area (Å²) >= 11 is 0. The third-order valence-corrected chi connectivity index (χ3v) is 6.92. The molecule has 2 fully saturated rings. The molecular weight excluding hydrogens is 380 g/mol. The van der Waals surface area contributed by atoms with Crippen molar-refractivity contribution in [2.45, 2.75) is 76.5 Å². The quantitative estimate of drug-likeness (QED) is 0.789. The van der Waals surface area contributed by atoms with Crippen molar-refractivity contribution >= 4 is 28.3 Å². The van der Waals surface area contributed by atoms with Crippen molar-refractivity contribution in [3.8, 4) is 0 Å². The molecule has 2 aromatic rings. The van der Waals surface area contributed by atoms with E-state index in [1.807, 2.05) is 17.1 Å². The van der Waals surface area contributed by atoms with E-state index < -0.39 is 0 Å². The largest absolute Gasteiger partial charge is 0.388 e. The van der Waals surface area contributed by atoms with E-state index in [0.717, 1.165) is 41.0 Å². The van der Waals surface area contributed by atoms with E-state index in [1.54, 1.807) is 7.05 Å². The van der Waals surface area contributed by atoms with Crippen LogP contribution in [0.15, 0.2) is 17.5 Å². The predicted octanol–water partition coefficient (Wildman–Crippen LogP) is 3.22. The minimum atomic E-state index is -0.336. The molecule has 8 nitrogen and oxygen atoms in total. The molecule has 0 atom stereocenters. The van der Waals surface area contributed by atoms with Gasteiger partial charge in [0.1, 0.15) is 5.60 Å². The highest BCUT2D eigenvalue weighted by Gasteiger charge is 2.53. The Kier molecular flexibility index (Phi) is 4.87. The van der Waals surface area contributed by atoms with Crippen LogP contribution in [0.2, 0.25) is 0 Å². The normalized spacial score (nSPS) is 26.3. The summed E-state index contributed by atoms with van der Waals surface area (Å²) in [5, 5.41) is 16.6. The van der Waals surface area contributed by atoms with Crippen LogP contribution in [0, 0.1) is 5.92 Å². The molecule has 3 aliphatic rings. The molecule has 1 aliphatic heterocycles. The van der Waals surface area contributed by atoms with Gasteiger partial charge < -0.3 is 15.5 Å². The summed E-state index contributed by atoms with van der Waals surface area (Å²) < 4.78 is 1.93. The molecule has 0 radical (unpaired) electrons. The van der Waals surface area contributed by atoms with Gasteiger partial charge in [0.05, 0.1) is 23.0 Å². The highest BCUT2D eigenvalue weighted by Crippen LogP contribution is 2.48. The third kappa shape index (κ3) is 3.22. The van der Waals surface area contributed by atoms with Crippen molar-refractivity contribution < 1.29 is 9.63 Å². The number of aryl methyl sites for hydroxylation is 1. The topological polar surface area (TPSA) is 93.4 Å². The molecule has 0 aromatic carbocycles.